The molecule has 80 valence electrons. The van der Waals surface area contributed by atoms with E-state index in [9.17, 15) is 4.79 Å². The molecule has 0 spiro atoms. The standard InChI is InChI=1S/C13H11NO2/c1-8(2)13-10(7-14)12(15)9-5-3-4-6-11(9)16-13/h3-6,8H,1-2H3. The summed E-state index contributed by atoms with van der Waals surface area (Å²) < 4.78 is 5.60. The van der Waals surface area contributed by atoms with E-state index in [1.54, 1.807) is 24.3 Å². The first-order valence-electron chi connectivity index (χ1n) is 5.11. The van der Waals surface area contributed by atoms with E-state index in [1.807, 2.05) is 19.9 Å². The SMILES string of the molecule is CC(C)c1oc2ccccc2c(=O)c1C#N. The van der Waals surface area contributed by atoms with Gasteiger partial charge < -0.3 is 4.42 Å². The van der Waals surface area contributed by atoms with E-state index in [1.165, 1.54) is 0 Å². The summed E-state index contributed by atoms with van der Waals surface area (Å²) in [6, 6.07) is 8.91. The quantitative estimate of drug-likeness (QED) is 0.731. The van der Waals surface area contributed by atoms with Crippen LogP contribution in [-0.2, 0) is 0 Å². The van der Waals surface area contributed by atoms with Crippen molar-refractivity contribution < 1.29 is 4.42 Å². The molecule has 0 bridgehead atoms. The molecule has 0 fully saturated rings. The molecule has 0 saturated heterocycles. The highest BCUT2D eigenvalue weighted by Crippen LogP contribution is 2.21. The molecule has 0 saturated carbocycles. The minimum Gasteiger partial charge on any atom is -0.459 e. The van der Waals surface area contributed by atoms with E-state index in [-0.39, 0.29) is 16.9 Å². The van der Waals surface area contributed by atoms with Crippen molar-refractivity contribution in [1.82, 2.24) is 0 Å². The molecule has 0 N–H and O–H groups in total. The van der Waals surface area contributed by atoms with E-state index in [0.29, 0.717) is 16.7 Å². The summed E-state index contributed by atoms with van der Waals surface area (Å²) in [6.45, 7) is 3.79. The third kappa shape index (κ3) is 1.49. The Bertz CT molecular complexity index is 632. The Hall–Kier alpha value is -2.08. The lowest BCUT2D eigenvalue weighted by molar-refractivity contribution is 0.506. The highest BCUT2D eigenvalue weighted by atomic mass is 16.3. The van der Waals surface area contributed by atoms with Crippen molar-refractivity contribution in [3.05, 3.63) is 45.8 Å². The summed E-state index contributed by atoms with van der Waals surface area (Å²) in [7, 11) is 0. The lowest BCUT2D eigenvalue weighted by Gasteiger charge is -2.07. The number of nitrogens with zero attached hydrogens (tertiary/aromatic N) is 1. The molecule has 0 aliphatic carbocycles. The van der Waals surface area contributed by atoms with E-state index < -0.39 is 0 Å². The van der Waals surface area contributed by atoms with Crippen LogP contribution in [0.25, 0.3) is 11.0 Å². The molecule has 1 aromatic carbocycles. The van der Waals surface area contributed by atoms with Crippen molar-refractivity contribution in [2.75, 3.05) is 0 Å². The largest absolute Gasteiger partial charge is 0.459 e. The minimum absolute atomic E-state index is 0.0203. The Morgan fingerprint density at radius 2 is 2.00 bits per heavy atom. The molecule has 2 rings (SSSR count). The maximum atomic E-state index is 12.0. The van der Waals surface area contributed by atoms with Gasteiger partial charge in [0.1, 0.15) is 23.0 Å². The third-order valence-corrected chi connectivity index (χ3v) is 2.46. The van der Waals surface area contributed by atoms with E-state index in [0.717, 1.165) is 0 Å². The molecule has 3 nitrogen and oxygen atoms in total. The van der Waals surface area contributed by atoms with Crippen molar-refractivity contribution in [1.29, 1.82) is 5.26 Å². The second kappa shape index (κ2) is 3.82. The van der Waals surface area contributed by atoms with Crippen LogP contribution in [0.5, 0.6) is 0 Å². The fraction of sp³-hybridized carbons (Fsp3) is 0.231. The average molecular weight is 213 g/mol. The van der Waals surface area contributed by atoms with Crippen LogP contribution >= 0.6 is 0 Å². The van der Waals surface area contributed by atoms with Gasteiger partial charge in [-0.05, 0) is 12.1 Å². The topological polar surface area (TPSA) is 54.0 Å². The average Bonchev–Trinajstić information content (AvgIpc) is 2.29. The summed E-state index contributed by atoms with van der Waals surface area (Å²) in [5.41, 5.74) is 0.414. The monoisotopic (exact) mass is 213 g/mol. The van der Waals surface area contributed by atoms with Gasteiger partial charge in [0, 0.05) is 5.92 Å². The Morgan fingerprint density at radius 3 is 2.62 bits per heavy atom. The molecule has 0 aliphatic heterocycles. The third-order valence-electron chi connectivity index (χ3n) is 2.46. The maximum absolute atomic E-state index is 12.0. The lowest BCUT2D eigenvalue weighted by atomic mass is 10.0. The zero-order valence-corrected chi connectivity index (χ0v) is 9.15. The van der Waals surface area contributed by atoms with Gasteiger partial charge in [0.15, 0.2) is 0 Å². The van der Waals surface area contributed by atoms with Gasteiger partial charge in [-0.2, -0.15) is 5.26 Å². The van der Waals surface area contributed by atoms with Gasteiger partial charge in [0.05, 0.1) is 5.39 Å². The second-order valence-corrected chi connectivity index (χ2v) is 3.93. The molecule has 16 heavy (non-hydrogen) atoms. The maximum Gasteiger partial charge on any atom is 0.210 e. The summed E-state index contributed by atoms with van der Waals surface area (Å²) in [5, 5.41) is 9.46. The van der Waals surface area contributed by atoms with Gasteiger partial charge in [-0.3, -0.25) is 4.79 Å². The van der Waals surface area contributed by atoms with E-state index in [4.69, 9.17) is 9.68 Å². The van der Waals surface area contributed by atoms with Gasteiger partial charge in [-0.15, -0.1) is 0 Å². The number of benzene rings is 1. The normalized spacial score (nSPS) is 10.6. The number of para-hydroxylation sites is 1. The molecule has 3 heteroatoms. The fourth-order valence-electron chi connectivity index (χ4n) is 1.67. The van der Waals surface area contributed by atoms with Crippen molar-refractivity contribution >= 4 is 11.0 Å². The summed E-state index contributed by atoms with van der Waals surface area (Å²) in [4.78, 5) is 12.0. The highest BCUT2D eigenvalue weighted by Gasteiger charge is 2.15. The first kappa shape index (κ1) is 10.4. The molecule has 0 unspecified atom stereocenters. The number of fused-ring (bicyclic) bond motifs is 1. The minimum atomic E-state index is -0.243. The molecular formula is C13H11NO2. The Morgan fingerprint density at radius 1 is 1.31 bits per heavy atom. The zero-order valence-electron chi connectivity index (χ0n) is 9.15. The van der Waals surface area contributed by atoms with Gasteiger partial charge in [-0.25, -0.2) is 0 Å². The van der Waals surface area contributed by atoms with Crippen LogP contribution in [0.2, 0.25) is 0 Å². The number of rotatable bonds is 1. The van der Waals surface area contributed by atoms with Crippen LogP contribution < -0.4 is 5.43 Å². The Kier molecular flexibility index (Phi) is 2.49. The first-order valence-corrected chi connectivity index (χ1v) is 5.11. The molecule has 0 radical (unpaired) electrons. The van der Waals surface area contributed by atoms with Crippen molar-refractivity contribution in [3.8, 4) is 6.07 Å². The molecular weight excluding hydrogens is 202 g/mol. The highest BCUT2D eigenvalue weighted by molar-refractivity contribution is 5.77. The summed E-state index contributed by atoms with van der Waals surface area (Å²) in [6.07, 6.45) is 0. The van der Waals surface area contributed by atoms with Crippen molar-refractivity contribution in [2.24, 2.45) is 0 Å². The first-order chi connectivity index (χ1) is 7.65. The predicted octanol–water partition coefficient (Wildman–Crippen LogP) is 2.79. The zero-order chi connectivity index (χ0) is 11.7. The molecule has 1 heterocycles. The second-order valence-electron chi connectivity index (χ2n) is 3.93. The van der Waals surface area contributed by atoms with Crippen LogP contribution in [0.4, 0.5) is 0 Å². The van der Waals surface area contributed by atoms with Crippen molar-refractivity contribution in [3.63, 3.8) is 0 Å². The van der Waals surface area contributed by atoms with Crippen LogP contribution in [0.15, 0.2) is 33.5 Å². The van der Waals surface area contributed by atoms with Crippen LogP contribution in [0.3, 0.4) is 0 Å². The van der Waals surface area contributed by atoms with Gasteiger partial charge in [0.2, 0.25) is 5.43 Å². The molecule has 0 amide bonds. The van der Waals surface area contributed by atoms with Gasteiger partial charge in [-0.1, -0.05) is 26.0 Å². The van der Waals surface area contributed by atoms with E-state index in [2.05, 4.69) is 0 Å². The summed E-state index contributed by atoms with van der Waals surface area (Å²) >= 11 is 0. The number of hydrogen-bond donors (Lipinski definition) is 0. The van der Waals surface area contributed by atoms with E-state index >= 15 is 0 Å². The molecule has 2 aromatic rings. The summed E-state index contributed by atoms with van der Waals surface area (Å²) in [5.74, 6) is 0.484. The van der Waals surface area contributed by atoms with Crippen LogP contribution in [-0.4, -0.2) is 0 Å². The predicted molar refractivity (Wildman–Crippen MR) is 61.3 cm³/mol. The molecule has 1 aromatic heterocycles. The smallest absolute Gasteiger partial charge is 0.210 e. The Labute approximate surface area is 92.9 Å². The van der Waals surface area contributed by atoms with Gasteiger partial charge in [0.25, 0.3) is 0 Å². The Balaban J connectivity index is 2.95. The molecule has 0 aliphatic rings. The van der Waals surface area contributed by atoms with Crippen LogP contribution in [0, 0.1) is 11.3 Å². The number of nitriles is 1. The lowest BCUT2D eigenvalue weighted by Crippen LogP contribution is -2.10. The number of hydrogen-bond acceptors (Lipinski definition) is 3. The molecule has 0 atom stereocenters. The van der Waals surface area contributed by atoms with Gasteiger partial charge >= 0.3 is 0 Å². The van der Waals surface area contributed by atoms with Crippen LogP contribution in [0.1, 0.15) is 31.1 Å². The van der Waals surface area contributed by atoms with Crippen molar-refractivity contribution in [2.45, 2.75) is 19.8 Å². The fourth-order valence-corrected chi connectivity index (χ4v) is 1.67.